The first kappa shape index (κ1) is 11.4. The molecule has 1 rings (SSSR count). The second kappa shape index (κ2) is 4.21. The summed E-state index contributed by atoms with van der Waals surface area (Å²) in [6, 6.07) is 4.65. The van der Waals surface area contributed by atoms with E-state index >= 15 is 0 Å². The summed E-state index contributed by atoms with van der Waals surface area (Å²) in [7, 11) is 0. The van der Waals surface area contributed by atoms with Crippen molar-refractivity contribution in [2.45, 2.75) is 0 Å². The quantitative estimate of drug-likeness (QED) is 0.576. The summed E-state index contributed by atoms with van der Waals surface area (Å²) in [5, 5.41) is 8.38. The van der Waals surface area contributed by atoms with Gasteiger partial charge in [-0.05, 0) is 18.2 Å². The number of nitriles is 1. The highest BCUT2D eigenvalue weighted by atomic mass is 19.4. The first-order chi connectivity index (χ1) is 6.92. The van der Waals surface area contributed by atoms with E-state index in [-0.39, 0.29) is 5.56 Å². The molecule has 0 atom stereocenters. The van der Waals surface area contributed by atoms with Crippen molar-refractivity contribution in [3.8, 4) is 11.8 Å². The maximum absolute atomic E-state index is 13.0. The van der Waals surface area contributed by atoms with E-state index in [1.165, 1.54) is 6.07 Å². The molecule has 0 aliphatic carbocycles. The van der Waals surface area contributed by atoms with Gasteiger partial charge in [0.25, 0.3) is 0 Å². The van der Waals surface area contributed by atoms with E-state index in [9.17, 15) is 17.3 Å². The van der Waals surface area contributed by atoms with Crippen molar-refractivity contribution >= 4 is 6.98 Å². The third-order valence-electron chi connectivity index (χ3n) is 1.49. The van der Waals surface area contributed by atoms with Crippen LogP contribution in [0.15, 0.2) is 18.2 Å². The maximum Gasteiger partial charge on any atom is 0.515 e. The molecule has 0 aliphatic heterocycles. The molecule has 7 heteroatoms. The molecule has 0 heterocycles. The summed E-state index contributed by atoms with van der Waals surface area (Å²) in [6.45, 7) is -6.61. The van der Waals surface area contributed by atoms with Crippen LogP contribution in [-0.4, -0.2) is 13.5 Å². The van der Waals surface area contributed by atoms with E-state index in [1.807, 2.05) is 0 Å². The van der Waals surface area contributed by atoms with E-state index < -0.39 is 25.1 Å². The molecule has 1 aromatic rings. The van der Waals surface area contributed by atoms with Gasteiger partial charge in [-0.2, -0.15) is 5.26 Å². The van der Waals surface area contributed by atoms with Gasteiger partial charge in [-0.15, -0.1) is 0 Å². The van der Waals surface area contributed by atoms with Crippen LogP contribution in [0.4, 0.5) is 17.3 Å². The predicted molar refractivity (Wildman–Crippen MR) is 45.7 cm³/mol. The monoisotopic (exact) mass is 218 g/mol. The minimum atomic E-state index is -5.11. The van der Waals surface area contributed by atoms with Crippen LogP contribution in [-0.2, 0) is 0 Å². The van der Waals surface area contributed by atoms with Gasteiger partial charge in [0, 0.05) is 0 Å². The van der Waals surface area contributed by atoms with Crippen molar-refractivity contribution in [2.75, 3.05) is 6.51 Å². The molecule has 0 N–H and O–H groups in total. The van der Waals surface area contributed by atoms with Crippen LogP contribution in [0, 0.1) is 17.1 Å². The van der Waals surface area contributed by atoms with E-state index in [4.69, 9.17) is 5.26 Å². The Bertz CT molecular complexity index is 399. The molecule has 0 fully saturated rings. The Kier molecular flexibility index (Phi) is 3.19. The number of halogens is 4. The van der Waals surface area contributed by atoms with Gasteiger partial charge in [-0.25, -0.2) is 4.39 Å². The number of hydrogen-bond acceptors (Lipinski definition) is 2. The third kappa shape index (κ3) is 3.50. The van der Waals surface area contributed by atoms with Crippen LogP contribution in [0.5, 0.6) is 5.75 Å². The van der Waals surface area contributed by atoms with Gasteiger partial charge in [0.2, 0.25) is 0 Å². The lowest BCUT2D eigenvalue weighted by atomic mass is 9.95. The van der Waals surface area contributed by atoms with Crippen LogP contribution >= 0.6 is 0 Å². The highest BCUT2D eigenvalue weighted by Gasteiger charge is 2.24. The zero-order chi connectivity index (χ0) is 11.5. The normalized spacial score (nSPS) is 10.9. The maximum atomic E-state index is 13.0. The Morgan fingerprint density at radius 1 is 1.33 bits per heavy atom. The zero-order valence-electron chi connectivity index (χ0n) is 7.38. The van der Waals surface area contributed by atoms with E-state index in [0.717, 1.165) is 12.1 Å². The van der Waals surface area contributed by atoms with E-state index in [0.29, 0.717) is 0 Å². The van der Waals surface area contributed by atoms with Gasteiger partial charge < -0.3 is 17.7 Å². The number of benzene rings is 1. The largest absolute Gasteiger partial charge is 0.519 e. The topological polar surface area (TPSA) is 33.0 Å². The molecule has 0 amide bonds. The predicted octanol–water partition coefficient (Wildman–Crippen LogP) is 2.46. The lowest BCUT2D eigenvalue weighted by Gasteiger charge is -2.15. The molecule has 0 aliphatic rings. The lowest BCUT2D eigenvalue weighted by Crippen LogP contribution is -2.26. The molecular formula is C8H5BF4NO-. The lowest BCUT2D eigenvalue weighted by molar-refractivity contribution is 0.301. The molecule has 0 radical (unpaired) electrons. The second-order valence-corrected chi connectivity index (χ2v) is 2.78. The van der Waals surface area contributed by atoms with Crippen LogP contribution in [0.1, 0.15) is 5.56 Å². The number of ether oxygens (including phenoxy) is 1. The summed E-state index contributed by atoms with van der Waals surface area (Å²) in [4.78, 5) is 0. The molecular weight excluding hydrogens is 213 g/mol. The molecule has 0 saturated heterocycles. The van der Waals surface area contributed by atoms with Gasteiger partial charge in [0.05, 0.1) is 18.1 Å². The second-order valence-electron chi connectivity index (χ2n) is 2.78. The molecule has 2 nitrogen and oxygen atoms in total. The summed E-state index contributed by atoms with van der Waals surface area (Å²) in [6.07, 6.45) is 0. The average molecular weight is 218 g/mol. The molecule has 0 spiro atoms. The first-order valence-electron chi connectivity index (χ1n) is 3.96. The molecule has 0 bridgehead atoms. The summed E-state index contributed by atoms with van der Waals surface area (Å²) < 4.78 is 52.5. The van der Waals surface area contributed by atoms with Crippen LogP contribution < -0.4 is 4.74 Å². The molecule has 0 unspecified atom stereocenters. The molecule has 15 heavy (non-hydrogen) atoms. The molecule has 0 saturated carbocycles. The minimum Gasteiger partial charge on any atom is -0.519 e. The van der Waals surface area contributed by atoms with Gasteiger partial charge in [-0.3, -0.25) is 0 Å². The Balaban J connectivity index is 2.76. The van der Waals surface area contributed by atoms with Gasteiger partial charge in [0.1, 0.15) is 0 Å². The van der Waals surface area contributed by atoms with Crippen molar-refractivity contribution in [1.29, 1.82) is 5.26 Å². The van der Waals surface area contributed by atoms with Crippen LogP contribution in [0.2, 0.25) is 0 Å². The molecule has 0 aromatic heterocycles. The number of rotatable bonds is 3. The average Bonchev–Trinajstić information content (AvgIpc) is 2.14. The SMILES string of the molecule is N#Cc1ccc(OC[B-](F)(F)F)c(F)c1. The zero-order valence-corrected chi connectivity index (χ0v) is 7.38. The Morgan fingerprint density at radius 3 is 2.47 bits per heavy atom. The number of nitrogens with zero attached hydrogens (tertiary/aromatic N) is 1. The highest BCUT2D eigenvalue weighted by Crippen LogP contribution is 2.20. The van der Waals surface area contributed by atoms with Crippen molar-refractivity contribution in [3.63, 3.8) is 0 Å². The summed E-state index contributed by atoms with van der Waals surface area (Å²) >= 11 is 0. The molecule has 80 valence electrons. The van der Waals surface area contributed by atoms with Gasteiger partial charge in [0.15, 0.2) is 11.6 Å². The fourth-order valence-corrected chi connectivity index (χ4v) is 0.872. The van der Waals surface area contributed by atoms with Crippen LogP contribution in [0.3, 0.4) is 0 Å². The Labute approximate surface area is 83.1 Å². The molecule has 1 aromatic carbocycles. The number of hydrogen-bond donors (Lipinski definition) is 0. The van der Waals surface area contributed by atoms with Gasteiger partial charge in [-0.1, -0.05) is 0 Å². The third-order valence-corrected chi connectivity index (χ3v) is 1.49. The van der Waals surface area contributed by atoms with Crippen molar-refractivity contribution < 1.29 is 22.1 Å². The van der Waals surface area contributed by atoms with Crippen molar-refractivity contribution in [3.05, 3.63) is 29.6 Å². The standard InChI is InChI=1S/C8H5BF4NO/c10-7-3-6(4-14)1-2-8(7)15-5-9(11,12)13/h1-3H,5H2/q-1. The fraction of sp³-hybridized carbons (Fsp3) is 0.125. The van der Waals surface area contributed by atoms with Crippen LogP contribution in [0.25, 0.3) is 0 Å². The highest BCUT2D eigenvalue weighted by molar-refractivity contribution is 6.58. The van der Waals surface area contributed by atoms with E-state index in [2.05, 4.69) is 4.74 Å². The van der Waals surface area contributed by atoms with Crippen molar-refractivity contribution in [1.82, 2.24) is 0 Å². The van der Waals surface area contributed by atoms with Gasteiger partial charge >= 0.3 is 6.98 Å². The van der Waals surface area contributed by atoms with E-state index in [1.54, 1.807) is 6.07 Å². The Morgan fingerprint density at radius 2 is 2.00 bits per heavy atom. The Hall–Kier alpha value is -1.71. The summed E-state index contributed by atoms with van der Waals surface area (Å²) in [5.74, 6) is -1.48. The summed E-state index contributed by atoms with van der Waals surface area (Å²) in [5.41, 5.74) is 0.0253. The first-order valence-corrected chi connectivity index (χ1v) is 3.96. The fourth-order valence-electron chi connectivity index (χ4n) is 0.872. The smallest absolute Gasteiger partial charge is 0.515 e. The van der Waals surface area contributed by atoms with Crippen molar-refractivity contribution in [2.24, 2.45) is 0 Å². The minimum absolute atomic E-state index is 0.0253.